The average Bonchev–Trinajstić information content (AvgIpc) is 2.31. The van der Waals surface area contributed by atoms with E-state index in [2.05, 4.69) is 36.3 Å². The molecule has 3 nitrogen and oxygen atoms in total. The van der Waals surface area contributed by atoms with Gasteiger partial charge in [0.2, 0.25) is 0 Å². The van der Waals surface area contributed by atoms with Crippen molar-refractivity contribution in [1.82, 2.24) is 15.0 Å². The maximum Gasteiger partial charge on any atom is 0.113 e. The highest BCUT2D eigenvalue weighted by atomic mass is 15.4. The van der Waals surface area contributed by atoms with E-state index >= 15 is 0 Å². The lowest BCUT2D eigenvalue weighted by Gasteiger charge is -1.98. The van der Waals surface area contributed by atoms with Crippen LogP contribution in [-0.4, -0.2) is 15.0 Å². The molecule has 0 atom stereocenters. The number of aryl methyl sites for hydroxylation is 3. The zero-order valence-corrected chi connectivity index (χ0v) is 7.50. The van der Waals surface area contributed by atoms with Crippen molar-refractivity contribution in [2.24, 2.45) is 7.05 Å². The van der Waals surface area contributed by atoms with Crippen molar-refractivity contribution in [1.29, 1.82) is 0 Å². The fourth-order valence-electron chi connectivity index (χ4n) is 1.59. The van der Waals surface area contributed by atoms with Crippen molar-refractivity contribution in [2.75, 3.05) is 0 Å². The molecule has 0 saturated carbocycles. The molecule has 0 radical (unpaired) electrons. The van der Waals surface area contributed by atoms with Crippen LogP contribution in [0.4, 0.5) is 0 Å². The topological polar surface area (TPSA) is 30.7 Å². The Morgan fingerprint density at radius 3 is 2.75 bits per heavy atom. The van der Waals surface area contributed by atoms with E-state index in [4.69, 9.17) is 0 Å². The van der Waals surface area contributed by atoms with Crippen LogP contribution in [0.5, 0.6) is 0 Å². The minimum Gasteiger partial charge on any atom is -0.247 e. The third-order valence-corrected chi connectivity index (χ3v) is 2.03. The van der Waals surface area contributed by atoms with Crippen LogP contribution in [0.25, 0.3) is 11.0 Å². The van der Waals surface area contributed by atoms with Crippen molar-refractivity contribution in [3.8, 4) is 0 Å². The Morgan fingerprint density at radius 2 is 2.00 bits per heavy atom. The van der Waals surface area contributed by atoms with Crippen LogP contribution < -0.4 is 0 Å². The van der Waals surface area contributed by atoms with Gasteiger partial charge in [-0.3, -0.25) is 0 Å². The van der Waals surface area contributed by atoms with E-state index < -0.39 is 0 Å². The summed E-state index contributed by atoms with van der Waals surface area (Å²) in [5.41, 5.74) is 4.58. The van der Waals surface area contributed by atoms with Crippen LogP contribution in [0.1, 0.15) is 11.1 Å². The van der Waals surface area contributed by atoms with Gasteiger partial charge in [0.15, 0.2) is 0 Å². The van der Waals surface area contributed by atoms with Crippen molar-refractivity contribution < 1.29 is 0 Å². The number of fused-ring (bicyclic) bond motifs is 1. The van der Waals surface area contributed by atoms with Crippen molar-refractivity contribution in [2.45, 2.75) is 13.8 Å². The lowest BCUT2D eigenvalue weighted by Crippen LogP contribution is -1.91. The summed E-state index contributed by atoms with van der Waals surface area (Å²) >= 11 is 0. The summed E-state index contributed by atoms with van der Waals surface area (Å²) in [6.45, 7) is 4.15. The predicted molar refractivity (Wildman–Crippen MR) is 48.0 cm³/mol. The molecule has 0 aliphatic heterocycles. The third-order valence-electron chi connectivity index (χ3n) is 2.03. The molecule has 3 heteroatoms. The molecule has 2 rings (SSSR count). The summed E-state index contributed by atoms with van der Waals surface area (Å²) in [5.74, 6) is 0. The van der Waals surface area contributed by atoms with Gasteiger partial charge < -0.3 is 0 Å². The van der Waals surface area contributed by atoms with E-state index in [0.29, 0.717) is 0 Å². The quantitative estimate of drug-likeness (QED) is 0.587. The van der Waals surface area contributed by atoms with Gasteiger partial charge in [0.05, 0.1) is 5.52 Å². The number of hydrogen-bond donors (Lipinski definition) is 0. The van der Waals surface area contributed by atoms with Crippen LogP contribution in [-0.2, 0) is 7.05 Å². The van der Waals surface area contributed by atoms with Crippen LogP contribution in [0.15, 0.2) is 12.1 Å². The van der Waals surface area contributed by atoms with Gasteiger partial charge in [0.25, 0.3) is 0 Å². The smallest absolute Gasteiger partial charge is 0.113 e. The van der Waals surface area contributed by atoms with Gasteiger partial charge in [0.1, 0.15) is 5.52 Å². The Balaban J connectivity index is 2.93. The molecular formula is C9H11N3. The van der Waals surface area contributed by atoms with E-state index in [-0.39, 0.29) is 0 Å². The van der Waals surface area contributed by atoms with Gasteiger partial charge in [-0.25, -0.2) is 4.68 Å². The zero-order chi connectivity index (χ0) is 8.72. The zero-order valence-electron chi connectivity index (χ0n) is 7.50. The number of rotatable bonds is 0. The maximum atomic E-state index is 4.05. The molecule has 0 fully saturated rings. The minimum absolute atomic E-state index is 0.981. The average molecular weight is 161 g/mol. The first kappa shape index (κ1) is 7.28. The Hall–Kier alpha value is -1.38. The molecule has 62 valence electrons. The fourth-order valence-corrected chi connectivity index (χ4v) is 1.59. The van der Waals surface area contributed by atoms with Gasteiger partial charge in [0, 0.05) is 7.05 Å². The molecule has 0 spiro atoms. The highest BCUT2D eigenvalue weighted by Crippen LogP contribution is 2.16. The highest BCUT2D eigenvalue weighted by molar-refractivity contribution is 5.78. The van der Waals surface area contributed by atoms with Crippen LogP contribution in [0.2, 0.25) is 0 Å². The van der Waals surface area contributed by atoms with Crippen LogP contribution in [0.3, 0.4) is 0 Å². The van der Waals surface area contributed by atoms with Crippen LogP contribution in [0, 0.1) is 13.8 Å². The molecule has 2 aromatic rings. The Kier molecular flexibility index (Phi) is 1.40. The summed E-state index contributed by atoms with van der Waals surface area (Å²) in [7, 11) is 1.91. The minimum atomic E-state index is 0.981. The van der Waals surface area contributed by atoms with Crippen LogP contribution >= 0.6 is 0 Å². The molecule has 0 saturated heterocycles. The third kappa shape index (κ3) is 0.897. The summed E-state index contributed by atoms with van der Waals surface area (Å²) in [4.78, 5) is 0. The molecule has 0 amide bonds. The second-order valence-electron chi connectivity index (χ2n) is 3.16. The first-order valence-corrected chi connectivity index (χ1v) is 3.95. The Morgan fingerprint density at radius 1 is 1.25 bits per heavy atom. The number of aromatic nitrogens is 3. The molecular weight excluding hydrogens is 150 g/mol. The van der Waals surface area contributed by atoms with Crippen molar-refractivity contribution in [3.05, 3.63) is 23.3 Å². The summed E-state index contributed by atoms with van der Waals surface area (Å²) in [6, 6.07) is 4.20. The van der Waals surface area contributed by atoms with E-state index in [1.54, 1.807) is 0 Å². The van der Waals surface area contributed by atoms with Gasteiger partial charge in [-0.2, -0.15) is 0 Å². The van der Waals surface area contributed by atoms with Gasteiger partial charge >= 0.3 is 0 Å². The largest absolute Gasteiger partial charge is 0.247 e. The molecule has 0 N–H and O–H groups in total. The second-order valence-corrected chi connectivity index (χ2v) is 3.16. The van der Waals surface area contributed by atoms with Gasteiger partial charge in [-0.15, -0.1) is 5.10 Å². The highest BCUT2D eigenvalue weighted by Gasteiger charge is 2.03. The lowest BCUT2D eigenvalue weighted by atomic mass is 10.1. The normalized spacial score (nSPS) is 10.9. The molecule has 12 heavy (non-hydrogen) atoms. The molecule has 0 aliphatic carbocycles. The Labute approximate surface area is 71.0 Å². The van der Waals surface area contributed by atoms with Crippen molar-refractivity contribution in [3.63, 3.8) is 0 Å². The van der Waals surface area contributed by atoms with E-state index in [0.717, 1.165) is 11.0 Å². The summed E-state index contributed by atoms with van der Waals surface area (Å²) < 4.78 is 1.81. The SMILES string of the molecule is Cc1cc(C)c2c(c1)nnn2C. The van der Waals surface area contributed by atoms with Gasteiger partial charge in [-0.05, 0) is 31.0 Å². The number of benzene rings is 1. The molecule has 1 heterocycles. The fraction of sp³-hybridized carbons (Fsp3) is 0.333. The predicted octanol–water partition coefficient (Wildman–Crippen LogP) is 1.59. The molecule has 1 aromatic heterocycles. The summed E-state index contributed by atoms with van der Waals surface area (Å²) in [5, 5.41) is 8.02. The first-order valence-electron chi connectivity index (χ1n) is 3.95. The van der Waals surface area contributed by atoms with E-state index in [1.165, 1.54) is 11.1 Å². The first-order chi connectivity index (χ1) is 5.68. The standard InChI is InChI=1S/C9H11N3/c1-6-4-7(2)9-8(5-6)10-11-12(9)3/h4-5H,1-3H3. The summed E-state index contributed by atoms with van der Waals surface area (Å²) in [6.07, 6.45) is 0. The number of nitrogens with zero attached hydrogens (tertiary/aromatic N) is 3. The van der Waals surface area contributed by atoms with E-state index in [9.17, 15) is 0 Å². The van der Waals surface area contributed by atoms with E-state index in [1.807, 2.05) is 11.7 Å². The second kappa shape index (κ2) is 2.30. The number of hydrogen-bond acceptors (Lipinski definition) is 2. The molecule has 0 aliphatic rings. The lowest BCUT2D eigenvalue weighted by molar-refractivity contribution is 0.735. The van der Waals surface area contributed by atoms with Gasteiger partial charge in [-0.1, -0.05) is 11.3 Å². The molecule has 0 bridgehead atoms. The maximum absolute atomic E-state index is 4.05. The van der Waals surface area contributed by atoms with Crippen molar-refractivity contribution >= 4 is 11.0 Å². The monoisotopic (exact) mass is 161 g/mol. The molecule has 0 unspecified atom stereocenters. The molecule has 1 aromatic carbocycles. The Bertz CT molecular complexity index is 429.